The first kappa shape index (κ1) is 13.0. The molecular formula is C16H23Cl. The van der Waals surface area contributed by atoms with Gasteiger partial charge in [-0.05, 0) is 48.6 Å². The van der Waals surface area contributed by atoms with Crippen LogP contribution in [0, 0.1) is 0 Å². The van der Waals surface area contributed by atoms with E-state index in [0.717, 1.165) is 12.3 Å². The minimum absolute atomic E-state index is 0.180. The summed E-state index contributed by atoms with van der Waals surface area (Å²) < 4.78 is 0. The van der Waals surface area contributed by atoms with E-state index in [1.807, 2.05) is 0 Å². The van der Waals surface area contributed by atoms with Crippen LogP contribution in [-0.4, -0.2) is 5.38 Å². The third-order valence-corrected chi connectivity index (χ3v) is 4.21. The van der Waals surface area contributed by atoms with E-state index in [4.69, 9.17) is 11.6 Å². The molecule has 1 aliphatic rings. The van der Waals surface area contributed by atoms with Crippen molar-refractivity contribution in [3.05, 3.63) is 35.4 Å². The number of benzene rings is 1. The summed E-state index contributed by atoms with van der Waals surface area (Å²) in [7, 11) is 0. The van der Waals surface area contributed by atoms with Crippen LogP contribution in [0.15, 0.2) is 24.3 Å². The van der Waals surface area contributed by atoms with Gasteiger partial charge < -0.3 is 0 Å². The highest BCUT2D eigenvalue weighted by Gasteiger charge is 2.24. The van der Waals surface area contributed by atoms with Gasteiger partial charge in [-0.1, -0.05) is 44.5 Å². The second kappa shape index (κ2) is 5.02. The molecular weight excluding hydrogens is 228 g/mol. The van der Waals surface area contributed by atoms with Gasteiger partial charge in [0.25, 0.3) is 0 Å². The Morgan fingerprint density at radius 2 is 1.82 bits per heavy atom. The van der Waals surface area contributed by atoms with Crippen molar-refractivity contribution < 1.29 is 0 Å². The number of rotatable bonds is 4. The van der Waals surface area contributed by atoms with Gasteiger partial charge in [0.05, 0.1) is 0 Å². The van der Waals surface area contributed by atoms with Crippen LogP contribution in [0.2, 0.25) is 0 Å². The minimum Gasteiger partial charge on any atom is -0.123 e. The highest BCUT2D eigenvalue weighted by molar-refractivity contribution is 6.20. The van der Waals surface area contributed by atoms with E-state index in [1.54, 1.807) is 0 Å². The van der Waals surface area contributed by atoms with E-state index in [2.05, 4.69) is 45.0 Å². The average molecular weight is 251 g/mol. The molecule has 1 aromatic carbocycles. The predicted octanol–water partition coefficient (Wildman–Crippen LogP) is 5.25. The molecule has 1 aromatic rings. The molecule has 0 saturated heterocycles. The summed E-state index contributed by atoms with van der Waals surface area (Å²) >= 11 is 6.13. The zero-order valence-corrected chi connectivity index (χ0v) is 11.9. The van der Waals surface area contributed by atoms with E-state index in [1.165, 1.54) is 30.4 Å². The lowest BCUT2D eigenvalue weighted by atomic mass is 9.77. The SMILES string of the molecule is CC(Cl)CC(C)(C)c1ccc(C2CCC2)cc1. The Balaban J connectivity index is 2.10. The molecule has 0 radical (unpaired) electrons. The Morgan fingerprint density at radius 1 is 1.24 bits per heavy atom. The van der Waals surface area contributed by atoms with Crippen LogP contribution in [0.25, 0.3) is 0 Å². The zero-order valence-electron chi connectivity index (χ0n) is 11.2. The summed E-state index contributed by atoms with van der Waals surface area (Å²) in [5.74, 6) is 0.833. The largest absolute Gasteiger partial charge is 0.123 e. The first-order chi connectivity index (χ1) is 7.99. The molecule has 0 aliphatic heterocycles. The maximum absolute atomic E-state index is 6.13. The van der Waals surface area contributed by atoms with Gasteiger partial charge >= 0.3 is 0 Å². The number of hydrogen-bond acceptors (Lipinski definition) is 0. The lowest BCUT2D eigenvalue weighted by Crippen LogP contribution is -2.21. The van der Waals surface area contributed by atoms with Crippen LogP contribution in [0.4, 0.5) is 0 Å². The molecule has 1 aliphatic carbocycles. The molecule has 0 amide bonds. The molecule has 1 unspecified atom stereocenters. The first-order valence-electron chi connectivity index (χ1n) is 6.73. The molecule has 1 saturated carbocycles. The fourth-order valence-corrected chi connectivity index (χ4v) is 3.15. The predicted molar refractivity (Wildman–Crippen MR) is 76.0 cm³/mol. The van der Waals surface area contributed by atoms with Crippen molar-refractivity contribution in [2.75, 3.05) is 0 Å². The van der Waals surface area contributed by atoms with Gasteiger partial charge in [0, 0.05) is 5.38 Å². The van der Waals surface area contributed by atoms with E-state index in [-0.39, 0.29) is 10.8 Å². The topological polar surface area (TPSA) is 0 Å². The quantitative estimate of drug-likeness (QED) is 0.641. The van der Waals surface area contributed by atoms with E-state index in [9.17, 15) is 0 Å². The van der Waals surface area contributed by atoms with Crippen molar-refractivity contribution in [2.24, 2.45) is 0 Å². The summed E-state index contributed by atoms with van der Waals surface area (Å²) in [6, 6.07) is 9.24. The molecule has 0 bridgehead atoms. The van der Waals surface area contributed by atoms with Crippen molar-refractivity contribution in [3.63, 3.8) is 0 Å². The standard InChI is InChI=1S/C16H23Cl/c1-12(17)11-16(2,3)15-9-7-14(8-10-15)13-5-4-6-13/h7-10,12-13H,4-6,11H2,1-3H3. The van der Waals surface area contributed by atoms with Crippen LogP contribution in [0.3, 0.4) is 0 Å². The molecule has 0 nitrogen and oxygen atoms in total. The lowest BCUT2D eigenvalue weighted by molar-refractivity contribution is 0.419. The minimum atomic E-state index is 0.180. The van der Waals surface area contributed by atoms with Gasteiger partial charge in [0.1, 0.15) is 0 Å². The van der Waals surface area contributed by atoms with E-state index >= 15 is 0 Å². The molecule has 0 aromatic heterocycles. The monoisotopic (exact) mass is 250 g/mol. The van der Waals surface area contributed by atoms with Crippen molar-refractivity contribution in [2.45, 2.75) is 63.2 Å². The second-order valence-corrected chi connectivity index (χ2v) is 6.86. The molecule has 2 rings (SSSR count). The number of hydrogen-bond donors (Lipinski definition) is 0. The number of halogens is 1. The second-order valence-electron chi connectivity index (χ2n) is 6.12. The molecule has 0 heterocycles. The van der Waals surface area contributed by atoms with Crippen molar-refractivity contribution >= 4 is 11.6 Å². The Hall–Kier alpha value is -0.490. The summed E-state index contributed by atoms with van der Waals surface area (Å²) in [5.41, 5.74) is 3.11. The Labute approximate surface area is 110 Å². The van der Waals surface area contributed by atoms with E-state index < -0.39 is 0 Å². The summed E-state index contributed by atoms with van der Waals surface area (Å²) in [6.07, 6.45) is 5.18. The third kappa shape index (κ3) is 3.04. The first-order valence-corrected chi connectivity index (χ1v) is 7.17. The van der Waals surface area contributed by atoms with Crippen molar-refractivity contribution in [1.29, 1.82) is 0 Å². The van der Waals surface area contributed by atoms with Crippen LogP contribution in [0.1, 0.15) is 63.5 Å². The van der Waals surface area contributed by atoms with Crippen molar-refractivity contribution in [1.82, 2.24) is 0 Å². The number of alkyl halides is 1. The molecule has 17 heavy (non-hydrogen) atoms. The highest BCUT2D eigenvalue weighted by atomic mass is 35.5. The molecule has 0 N–H and O–H groups in total. The van der Waals surface area contributed by atoms with Gasteiger partial charge in [-0.3, -0.25) is 0 Å². The van der Waals surface area contributed by atoms with Crippen LogP contribution in [0.5, 0.6) is 0 Å². The van der Waals surface area contributed by atoms with Gasteiger partial charge in [0.15, 0.2) is 0 Å². The van der Waals surface area contributed by atoms with Crippen LogP contribution in [-0.2, 0) is 5.41 Å². The summed E-state index contributed by atoms with van der Waals surface area (Å²) in [6.45, 7) is 6.64. The highest BCUT2D eigenvalue weighted by Crippen LogP contribution is 2.37. The molecule has 0 spiro atoms. The maximum atomic E-state index is 6.13. The van der Waals surface area contributed by atoms with Crippen LogP contribution >= 0.6 is 11.6 Å². The summed E-state index contributed by atoms with van der Waals surface area (Å²) in [5, 5.41) is 0.233. The van der Waals surface area contributed by atoms with Gasteiger partial charge in [-0.15, -0.1) is 11.6 Å². The van der Waals surface area contributed by atoms with Gasteiger partial charge in [-0.25, -0.2) is 0 Å². The molecule has 1 heteroatoms. The summed E-state index contributed by atoms with van der Waals surface area (Å²) in [4.78, 5) is 0. The van der Waals surface area contributed by atoms with Crippen LogP contribution < -0.4 is 0 Å². The maximum Gasteiger partial charge on any atom is 0.0316 e. The average Bonchev–Trinajstić information content (AvgIpc) is 2.13. The normalized spacial score (nSPS) is 18.8. The molecule has 1 atom stereocenters. The fraction of sp³-hybridized carbons (Fsp3) is 0.625. The Kier molecular flexibility index (Phi) is 3.82. The van der Waals surface area contributed by atoms with Crippen molar-refractivity contribution in [3.8, 4) is 0 Å². The Bertz CT molecular complexity index is 358. The van der Waals surface area contributed by atoms with Gasteiger partial charge in [0.2, 0.25) is 0 Å². The van der Waals surface area contributed by atoms with E-state index in [0.29, 0.717) is 0 Å². The smallest absolute Gasteiger partial charge is 0.0316 e. The fourth-order valence-electron chi connectivity index (χ4n) is 2.77. The molecule has 94 valence electrons. The zero-order chi connectivity index (χ0) is 12.5. The molecule has 1 fully saturated rings. The van der Waals surface area contributed by atoms with Gasteiger partial charge in [-0.2, -0.15) is 0 Å². The Morgan fingerprint density at radius 3 is 2.24 bits per heavy atom. The third-order valence-electron chi connectivity index (χ3n) is 4.06. The lowest BCUT2D eigenvalue weighted by Gasteiger charge is -2.29.